The van der Waals surface area contributed by atoms with E-state index in [1.165, 1.54) is 76.2 Å². The topological polar surface area (TPSA) is 6.48 Å². The lowest BCUT2D eigenvalue weighted by molar-refractivity contribution is 0.590. The van der Waals surface area contributed by atoms with Crippen LogP contribution in [-0.4, -0.2) is 6.71 Å². The summed E-state index contributed by atoms with van der Waals surface area (Å²) in [5.74, 6) is 0. The van der Waals surface area contributed by atoms with Crippen molar-refractivity contribution in [1.82, 2.24) is 0 Å². The fraction of sp³-hybridized carbons (Fsp3) is 0.0392. The maximum Gasteiger partial charge on any atom is 0.252 e. The zero-order valence-corrected chi connectivity index (χ0v) is 58.8. The highest BCUT2D eigenvalue weighted by Crippen LogP contribution is 2.56. The van der Waals surface area contributed by atoms with Crippen molar-refractivity contribution < 1.29 is 0 Å². The number of rotatable bonds is 11. The average molecular weight is 1340 g/mol. The maximum atomic E-state index is 2.70. The Labute approximate surface area is 614 Å². The fourth-order valence-electron chi connectivity index (χ4n) is 17.3. The van der Waals surface area contributed by atoms with Crippen LogP contribution < -0.4 is 26.2 Å². The summed E-state index contributed by atoms with van der Waals surface area (Å²) in [6.45, 7) is 6.65. The van der Waals surface area contributed by atoms with Crippen LogP contribution in [0.15, 0.2) is 376 Å². The highest BCUT2D eigenvalue weighted by atomic mass is 15.2. The molecule has 20 rings (SSSR count). The number of anilines is 6. The molecule has 0 spiro atoms. The molecule has 2 aliphatic rings. The number of nitrogens with zero attached hydrogens (tertiary/aromatic N) is 2. The minimum absolute atomic E-state index is 0.0560. The molecule has 0 radical (unpaired) electrons. The van der Waals surface area contributed by atoms with E-state index >= 15 is 0 Å². The van der Waals surface area contributed by atoms with Gasteiger partial charge in [-0.25, -0.2) is 0 Å². The molecule has 0 aliphatic carbocycles. The lowest BCUT2D eigenvalue weighted by Crippen LogP contribution is -2.61. The Bertz CT molecular complexity index is 6250. The van der Waals surface area contributed by atoms with Crippen molar-refractivity contribution in [2.75, 3.05) is 9.80 Å². The zero-order chi connectivity index (χ0) is 69.9. The second-order valence-electron chi connectivity index (χ2n) is 29.4. The van der Waals surface area contributed by atoms with Crippen LogP contribution in [0.1, 0.15) is 26.3 Å². The summed E-state index contributed by atoms with van der Waals surface area (Å²) < 4.78 is 0. The van der Waals surface area contributed by atoms with Gasteiger partial charge in [0.15, 0.2) is 0 Å². The highest BCUT2D eigenvalue weighted by molar-refractivity contribution is 7.00. The van der Waals surface area contributed by atoms with Crippen molar-refractivity contribution in [1.29, 1.82) is 0 Å². The van der Waals surface area contributed by atoms with E-state index in [0.717, 1.165) is 123 Å². The summed E-state index contributed by atoms with van der Waals surface area (Å²) in [4.78, 5) is 5.39. The Balaban J connectivity index is 0.964. The Morgan fingerprint density at radius 1 is 0.219 bits per heavy atom. The quantitative estimate of drug-likeness (QED) is 0.0723. The molecular weight excluding hydrogens is 1260 g/mol. The van der Waals surface area contributed by atoms with E-state index in [4.69, 9.17) is 0 Å². The minimum Gasteiger partial charge on any atom is -0.310 e. The van der Waals surface area contributed by atoms with E-state index in [0.29, 0.717) is 0 Å². The molecule has 492 valence electrons. The van der Waals surface area contributed by atoms with Crippen molar-refractivity contribution in [2.24, 2.45) is 0 Å². The molecule has 0 N–H and O–H groups in total. The van der Waals surface area contributed by atoms with Crippen LogP contribution in [0.25, 0.3) is 143 Å². The lowest BCUT2D eigenvalue weighted by Gasteiger charge is -2.46. The number of hydrogen-bond acceptors (Lipinski definition) is 2. The summed E-state index contributed by atoms with van der Waals surface area (Å²) in [6.07, 6.45) is 0. The number of benzene rings is 18. The molecular formula is C102H71BN2. The second kappa shape index (κ2) is 24.9. The number of fused-ring (bicyclic) bond motifs is 6. The standard InChI is InChI=1S/C102H71BN2/c1-102(2,3)82-52-48-69(49-53-82)81-64-95-99-96(65-81)105(101-88(72-38-21-9-22-39-72)59-80(68-32-15-6-16-33-68)60-89(101)73-40-23-10-24-41-73)94-55-51-76(78-56-77-44-27-46-84-83-45-25-42-74-43-26-47-85(97(74)83)90(61-78)98(77)84)63-92(94)103(99)91-62-75(66-28-11-4-12-29-66)50-54-93(91)104(95)100-86(70-34-17-7-18-35-70)57-79(67-30-13-5-14-31-67)58-87(100)71-36-19-8-20-37-71/h4-65H,1-3H3. The van der Waals surface area contributed by atoms with E-state index < -0.39 is 0 Å². The average Bonchev–Trinajstić information content (AvgIpc) is 0.686. The van der Waals surface area contributed by atoms with Gasteiger partial charge in [-0.1, -0.05) is 336 Å². The van der Waals surface area contributed by atoms with Gasteiger partial charge in [0.1, 0.15) is 0 Å². The number of hydrogen-bond donors (Lipinski definition) is 0. The molecule has 0 fully saturated rings. The van der Waals surface area contributed by atoms with Crippen molar-refractivity contribution in [3.63, 3.8) is 0 Å². The second-order valence-corrected chi connectivity index (χ2v) is 29.4. The molecule has 18 aromatic rings. The Morgan fingerprint density at radius 3 is 0.933 bits per heavy atom. The molecule has 2 aliphatic heterocycles. The molecule has 0 amide bonds. The van der Waals surface area contributed by atoms with E-state index in [-0.39, 0.29) is 12.1 Å². The van der Waals surface area contributed by atoms with E-state index in [1.807, 2.05) is 0 Å². The third-order valence-electron chi connectivity index (χ3n) is 22.3. The highest BCUT2D eigenvalue weighted by Gasteiger charge is 2.46. The lowest BCUT2D eigenvalue weighted by atomic mass is 9.33. The molecule has 0 atom stereocenters. The van der Waals surface area contributed by atoms with Crippen molar-refractivity contribution in [3.8, 4) is 100 Å². The molecule has 0 aromatic heterocycles. The minimum atomic E-state index is -0.285. The normalized spacial score (nSPS) is 12.5. The van der Waals surface area contributed by atoms with Gasteiger partial charge in [-0.05, 0) is 209 Å². The molecule has 0 bridgehead atoms. The van der Waals surface area contributed by atoms with Gasteiger partial charge in [-0.2, -0.15) is 0 Å². The first-order chi connectivity index (χ1) is 51.7. The Kier molecular flexibility index (Phi) is 14.6. The van der Waals surface area contributed by atoms with Gasteiger partial charge < -0.3 is 9.80 Å². The first-order valence-electron chi connectivity index (χ1n) is 36.7. The van der Waals surface area contributed by atoms with Crippen LogP contribution >= 0.6 is 0 Å². The summed E-state index contributed by atoms with van der Waals surface area (Å²) in [5, 5.41) is 10.2. The molecule has 18 aromatic carbocycles. The van der Waals surface area contributed by atoms with Gasteiger partial charge in [0.05, 0.1) is 11.4 Å². The van der Waals surface area contributed by atoms with Gasteiger partial charge in [0, 0.05) is 45.0 Å². The molecule has 2 heterocycles. The SMILES string of the molecule is CC(C)(C)c1ccc(-c2cc3c4c(c2)N(c2c(-c5ccccc5)cc(-c5ccccc5)cc2-c2ccccc2)c2ccc(-c5cc6cccc7c8cccc9cccc(c(c5)c67)c98)cc2B4c2cc(-c4ccccc4)ccc2N3c2c(-c3ccccc3)cc(-c3ccccc3)cc2-c2ccccc2)cc1. The van der Waals surface area contributed by atoms with Gasteiger partial charge in [-0.3, -0.25) is 0 Å². The van der Waals surface area contributed by atoms with Gasteiger partial charge in [0.25, 0.3) is 6.71 Å². The fourth-order valence-corrected chi connectivity index (χ4v) is 17.3. The monoisotopic (exact) mass is 1330 g/mol. The summed E-state index contributed by atoms with van der Waals surface area (Å²) >= 11 is 0. The Hall–Kier alpha value is -13.1. The predicted octanol–water partition coefficient (Wildman–Crippen LogP) is 26.1. The van der Waals surface area contributed by atoms with Crippen LogP contribution in [0.3, 0.4) is 0 Å². The van der Waals surface area contributed by atoms with Gasteiger partial charge in [0.2, 0.25) is 0 Å². The third kappa shape index (κ3) is 10.4. The third-order valence-corrected chi connectivity index (χ3v) is 22.3. The van der Waals surface area contributed by atoms with Crippen LogP contribution in [0.4, 0.5) is 34.1 Å². The van der Waals surface area contributed by atoms with Crippen molar-refractivity contribution >= 4 is 100 Å². The van der Waals surface area contributed by atoms with Gasteiger partial charge in [-0.15, -0.1) is 0 Å². The summed E-state index contributed by atoms with van der Waals surface area (Å²) in [7, 11) is 0. The van der Waals surface area contributed by atoms with Crippen LogP contribution in [-0.2, 0) is 5.41 Å². The Morgan fingerprint density at radius 2 is 0.533 bits per heavy atom. The molecule has 2 nitrogen and oxygen atoms in total. The first-order valence-corrected chi connectivity index (χ1v) is 36.7. The molecule has 105 heavy (non-hydrogen) atoms. The first kappa shape index (κ1) is 61.8. The maximum absolute atomic E-state index is 2.70. The van der Waals surface area contributed by atoms with E-state index in [1.54, 1.807) is 0 Å². The van der Waals surface area contributed by atoms with Crippen molar-refractivity contribution in [3.05, 3.63) is 382 Å². The van der Waals surface area contributed by atoms with Crippen LogP contribution in [0.2, 0.25) is 0 Å². The molecule has 0 saturated heterocycles. The molecule has 0 saturated carbocycles. The van der Waals surface area contributed by atoms with Crippen molar-refractivity contribution in [2.45, 2.75) is 26.2 Å². The largest absolute Gasteiger partial charge is 0.310 e. The van der Waals surface area contributed by atoms with E-state index in [2.05, 4.69) is 407 Å². The smallest absolute Gasteiger partial charge is 0.252 e. The van der Waals surface area contributed by atoms with Gasteiger partial charge >= 0.3 is 0 Å². The molecule has 3 heteroatoms. The zero-order valence-electron chi connectivity index (χ0n) is 58.8. The van der Waals surface area contributed by atoms with Crippen LogP contribution in [0, 0.1) is 0 Å². The van der Waals surface area contributed by atoms with E-state index in [9.17, 15) is 0 Å². The molecule has 0 unspecified atom stereocenters. The predicted molar refractivity (Wildman–Crippen MR) is 449 cm³/mol. The van der Waals surface area contributed by atoms with Crippen LogP contribution in [0.5, 0.6) is 0 Å². The summed E-state index contributed by atoms with van der Waals surface area (Å²) in [6, 6.07) is 142. The summed E-state index contributed by atoms with van der Waals surface area (Å²) in [5.41, 5.74) is 32.2.